The minimum absolute atomic E-state index is 1.33. The van der Waals surface area contributed by atoms with Crippen LogP contribution in [0.15, 0.2) is 11.5 Å². The minimum Gasteiger partial charge on any atom is -0.114 e. The van der Waals surface area contributed by atoms with Gasteiger partial charge in [-0.25, -0.2) is 0 Å². The van der Waals surface area contributed by atoms with E-state index in [1.807, 2.05) is 0 Å². The molecule has 1 heteroatoms. The lowest BCUT2D eigenvalue weighted by Crippen LogP contribution is -1.89. The highest BCUT2D eigenvalue weighted by atomic mass is 14.0. The van der Waals surface area contributed by atoms with Gasteiger partial charge < -0.3 is 0 Å². The predicted octanol–water partition coefficient (Wildman–Crippen LogP) is 0.297. The second-order valence-electron chi connectivity index (χ2n) is 1.59. The van der Waals surface area contributed by atoms with Crippen LogP contribution in [0.2, 0.25) is 0 Å². The van der Waals surface area contributed by atoms with Gasteiger partial charge in [0.1, 0.15) is 7.85 Å². The van der Waals surface area contributed by atoms with Gasteiger partial charge in [0, 0.05) is 0 Å². The van der Waals surface area contributed by atoms with Crippen LogP contribution < -0.4 is 0 Å². The van der Waals surface area contributed by atoms with E-state index in [1.165, 1.54) is 12.8 Å². The van der Waals surface area contributed by atoms with Gasteiger partial charge in [0.05, 0.1) is 0 Å². The number of hydrogen-bond acceptors (Lipinski definition) is 0. The molecule has 26 valence electrons. The van der Waals surface area contributed by atoms with Crippen molar-refractivity contribution in [2.75, 3.05) is 0 Å². The molecular weight excluding hydrogens is 58.9 g/mol. The Hall–Kier alpha value is -0.195. The number of hydrogen-bond donors (Lipinski definition) is 0. The lowest BCUT2D eigenvalue weighted by Gasteiger charge is -2.05. The molecule has 0 N–H and O–H groups in total. The third kappa shape index (κ3) is 0.368. The van der Waals surface area contributed by atoms with Crippen LogP contribution in [-0.4, -0.2) is 7.85 Å². The quantitative estimate of drug-likeness (QED) is 0.356. The molecule has 5 heavy (non-hydrogen) atoms. The Morgan fingerprint density at radius 1 is 1.80 bits per heavy atom. The lowest BCUT2D eigenvalue weighted by molar-refractivity contribution is 0.937. The summed E-state index contributed by atoms with van der Waals surface area (Å²) in [4.78, 5) is 0. The molecule has 0 saturated heterocycles. The summed E-state index contributed by atoms with van der Waals surface area (Å²) in [7, 11) is 2.17. The standard InChI is InChI=1S/C4H7B/c5-4-2-1-3-4/h2H,1,3,5H2. The second kappa shape index (κ2) is 0.888. The molecule has 0 spiro atoms. The zero-order chi connectivity index (χ0) is 3.70. The van der Waals surface area contributed by atoms with E-state index < -0.39 is 0 Å². The lowest BCUT2D eigenvalue weighted by atomic mass is 9.83. The molecule has 1 aliphatic rings. The first-order chi connectivity index (χ1) is 2.39. The van der Waals surface area contributed by atoms with Crippen LogP contribution in [-0.2, 0) is 0 Å². The average Bonchev–Trinajstić information content (AvgIpc) is 1.30. The molecule has 0 bridgehead atoms. The van der Waals surface area contributed by atoms with Crippen molar-refractivity contribution in [3.63, 3.8) is 0 Å². The Kier molecular flexibility index (Phi) is 0.535. The zero-order valence-corrected chi connectivity index (χ0v) is 3.49. The molecule has 0 heterocycles. The molecule has 0 aromatic rings. The number of rotatable bonds is 0. The largest absolute Gasteiger partial charge is 0.133 e. The van der Waals surface area contributed by atoms with Crippen molar-refractivity contribution in [2.45, 2.75) is 12.8 Å². The Labute approximate surface area is 33.3 Å². The van der Waals surface area contributed by atoms with Gasteiger partial charge in [0.2, 0.25) is 0 Å². The van der Waals surface area contributed by atoms with Crippen molar-refractivity contribution in [1.82, 2.24) is 0 Å². The van der Waals surface area contributed by atoms with Gasteiger partial charge in [-0.05, 0) is 12.8 Å². The van der Waals surface area contributed by atoms with Crippen LogP contribution in [0.1, 0.15) is 12.8 Å². The summed E-state index contributed by atoms with van der Waals surface area (Å²) in [5, 5.41) is 0. The van der Waals surface area contributed by atoms with Gasteiger partial charge in [-0.15, -0.1) is 5.47 Å². The molecule has 0 unspecified atom stereocenters. The van der Waals surface area contributed by atoms with E-state index in [9.17, 15) is 0 Å². The van der Waals surface area contributed by atoms with Crippen molar-refractivity contribution < 1.29 is 0 Å². The average molecular weight is 65.9 g/mol. The zero-order valence-electron chi connectivity index (χ0n) is 3.49. The van der Waals surface area contributed by atoms with Crippen molar-refractivity contribution in [3.8, 4) is 0 Å². The molecule has 0 aliphatic heterocycles. The fraction of sp³-hybridized carbons (Fsp3) is 0.500. The minimum atomic E-state index is 1.33. The van der Waals surface area contributed by atoms with E-state index >= 15 is 0 Å². The van der Waals surface area contributed by atoms with E-state index in [2.05, 4.69) is 13.9 Å². The van der Waals surface area contributed by atoms with Gasteiger partial charge in [0.15, 0.2) is 0 Å². The van der Waals surface area contributed by atoms with Crippen molar-refractivity contribution >= 4 is 7.85 Å². The Morgan fingerprint density at radius 2 is 2.20 bits per heavy atom. The fourth-order valence-electron chi connectivity index (χ4n) is 0.433. The maximum absolute atomic E-state index is 2.26. The van der Waals surface area contributed by atoms with Crippen molar-refractivity contribution in [1.29, 1.82) is 0 Å². The first kappa shape index (κ1) is 3.01. The first-order valence-electron chi connectivity index (χ1n) is 2.05. The highest BCUT2D eigenvalue weighted by molar-refractivity contribution is 6.22. The summed E-state index contributed by atoms with van der Waals surface area (Å²) in [5.74, 6) is 0. The van der Waals surface area contributed by atoms with Crippen LogP contribution in [0.25, 0.3) is 0 Å². The summed E-state index contributed by atoms with van der Waals surface area (Å²) in [6.07, 6.45) is 4.94. The molecule has 0 amide bonds. The molecule has 0 atom stereocenters. The van der Waals surface area contributed by atoms with Crippen LogP contribution in [0.5, 0.6) is 0 Å². The van der Waals surface area contributed by atoms with Crippen LogP contribution in [0.3, 0.4) is 0 Å². The molecular formula is C4H7B. The third-order valence-corrected chi connectivity index (χ3v) is 1.03. The monoisotopic (exact) mass is 66.1 g/mol. The van der Waals surface area contributed by atoms with Crippen LogP contribution in [0, 0.1) is 0 Å². The Bertz CT molecular complexity index is 64.0. The second-order valence-corrected chi connectivity index (χ2v) is 1.59. The topological polar surface area (TPSA) is 0 Å². The summed E-state index contributed by atoms with van der Waals surface area (Å²) in [6, 6.07) is 0. The predicted molar refractivity (Wildman–Crippen MR) is 25.9 cm³/mol. The van der Waals surface area contributed by atoms with Gasteiger partial charge in [-0.3, -0.25) is 0 Å². The molecule has 0 radical (unpaired) electrons. The summed E-state index contributed by atoms with van der Waals surface area (Å²) >= 11 is 0. The maximum Gasteiger partial charge on any atom is 0.133 e. The van der Waals surface area contributed by atoms with Gasteiger partial charge in [-0.2, -0.15) is 0 Å². The van der Waals surface area contributed by atoms with E-state index in [4.69, 9.17) is 0 Å². The van der Waals surface area contributed by atoms with Crippen LogP contribution >= 0.6 is 0 Å². The molecule has 1 aliphatic carbocycles. The fourth-order valence-corrected chi connectivity index (χ4v) is 0.433. The van der Waals surface area contributed by atoms with Crippen molar-refractivity contribution in [2.24, 2.45) is 0 Å². The molecule has 0 nitrogen and oxygen atoms in total. The SMILES string of the molecule is BC1=CCC1. The van der Waals surface area contributed by atoms with E-state index in [0.717, 1.165) is 0 Å². The van der Waals surface area contributed by atoms with Crippen molar-refractivity contribution in [3.05, 3.63) is 11.5 Å². The van der Waals surface area contributed by atoms with Gasteiger partial charge in [-0.1, -0.05) is 6.08 Å². The van der Waals surface area contributed by atoms with Crippen LogP contribution in [0.4, 0.5) is 0 Å². The van der Waals surface area contributed by atoms with Gasteiger partial charge >= 0.3 is 0 Å². The molecule has 0 aromatic carbocycles. The Morgan fingerprint density at radius 3 is 2.20 bits per heavy atom. The maximum atomic E-state index is 2.26. The smallest absolute Gasteiger partial charge is 0.114 e. The molecule has 0 saturated carbocycles. The summed E-state index contributed by atoms with van der Waals surface area (Å²) in [6.45, 7) is 0. The third-order valence-electron chi connectivity index (χ3n) is 1.03. The summed E-state index contributed by atoms with van der Waals surface area (Å²) < 4.78 is 0. The highest BCUT2D eigenvalue weighted by Gasteiger charge is 1.94. The molecule has 0 fully saturated rings. The molecule has 0 aromatic heterocycles. The van der Waals surface area contributed by atoms with E-state index in [-0.39, 0.29) is 0 Å². The highest BCUT2D eigenvalue weighted by Crippen LogP contribution is 2.11. The normalized spacial score (nSPS) is 20.4. The molecule has 1 rings (SSSR count). The first-order valence-corrected chi connectivity index (χ1v) is 2.05. The van der Waals surface area contributed by atoms with E-state index in [0.29, 0.717) is 0 Å². The summed E-state index contributed by atoms with van der Waals surface area (Å²) in [5.41, 5.74) is 1.56. The van der Waals surface area contributed by atoms with E-state index in [1.54, 1.807) is 5.47 Å². The van der Waals surface area contributed by atoms with Gasteiger partial charge in [0.25, 0.3) is 0 Å². The Balaban J connectivity index is 2.51. The number of allylic oxidation sites excluding steroid dienone is 2.